The summed E-state index contributed by atoms with van der Waals surface area (Å²) in [6.07, 6.45) is 28.0. The lowest BCUT2D eigenvalue weighted by Gasteiger charge is -2.55. The van der Waals surface area contributed by atoms with Crippen molar-refractivity contribution in [3.63, 3.8) is 0 Å². The largest absolute Gasteiger partial charge is 0.465 e. The number of aliphatic imine (C=N–C) groups is 1. The number of rotatable bonds is 24. The summed E-state index contributed by atoms with van der Waals surface area (Å²) in [6, 6.07) is 0.323. The molecule has 0 aromatic carbocycles. The van der Waals surface area contributed by atoms with Crippen molar-refractivity contribution in [1.82, 2.24) is 15.1 Å². The van der Waals surface area contributed by atoms with Crippen LogP contribution in [0.1, 0.15) is 168 Å². The van der Waals surface area contributed by atoms with Gasteiger partial charge in [-0.2, -0.15) is 0 Å². The monoisotopic (exact) mass is 787 g/mol. The number of hydrogen-bond donors (Lipinski definition) is 4. The number of aliphatic hydroxyl groups excluding tert-OH is 1. The predicted molar refractivity (Wildman–Crippen MR) is 222 cm³/mol. The Morgan fingerprint density at radius 1 is 0.982 bits per heavy atom. The number of nitrogens with two attached hydrogens (primary N) is 2. The highest BCUT2D eigenvalue weighted by atomic mass is 16.6. The average molecular weight is 787 g/mol. The van der Waals surface area contributed by atoms with E-state index in [1.165, 1.54) is 44.9 Å². The van der Waals surface area contributed by atoms with Crippen LogP contribution in [-0.2, 0) is 23.8 Å². The van der Waals surface area contributed by atoms with Gasteiger partial charge in [0.25, 0.3) is 0 Å². The number of carbonyl (C=O) groups excluding carboxylic acids is 2. The van der Waals surface area contributed by atoms with Crippen LogP contribution in [0.4, 0.5) is 0 Å². The molecule has 3 fully saturated rings. The Bertz CT molecular complexity index is 1270. The van der Waals surface area contributed by atoms with Crippen LogP contribution in [0.3, 0.4) is 0 Å². The molecule has 3 saturated heterocycles. The lowest BCUT2D eigenvalue weighted by atomic mass is 9.80. The molecule has 0 saturated carbocycles. The summed E-state index contributed by atoms with van der Waals surface area (Å²) < 4.78 is 19.6. The summed E-state index contributed by atoms with van der Waals surface area (Å²) in [5.41, 5.74) is 9.88. The molecular formula is C44H78N6O6. The Balaban J connectivity index is 0.961. The lowest BCUT2D eigenvalue weighted by molar-refractivity contribution is -0.194. The first kappa shape index (κ1) is 44.8. The van der Waals surface area contributed by atoms with Crippen LogP contribution in [0.25, 0.3) is 0 Å². The summed E-state index contributed by atoms with van der Waals surface area (Å²) in [7, 11) is 0. The molecule has 5 rings (SSSR count). The normalized spacial score (nSPS) is 30.1. The Labute approximate surface area is 338 Å². The van der Waals surface area contributed by atoms with Crippen molar-refractivity contribution in [3.8, 4) is 0 Å². The molecule has 2 spiro atoms. The Kier molecular flexibility index (Phi) is 18.2. The number of esters is 1. The van der Waals surface area contributed by atoms with E-state index in [1.807, 2.05) is 0 Å². The number of ether oxygens (including phenoxy) is 3. The van der Waals surface area contributed by atoms with E-state index in [0.717, 1.165) is 102 Å². The van der Waals surface area contributed by atoms with Gasteiger partial charge in [-0.3, -0.25) is 9.59 Å². The maximum Gasteiger partial charge on any atom is 0.316 e. The van der Waals surface area contributed by atoms with Gasteiger partial charge in [0.05, 0.1) is 31.0 Å². The fraction of sp³-hybridized carbons (Fsp3) is 0.886. The van der Waals surface area contributed by atoms with E-state index in [1.54, 1.807) is 4.90 Å². The van der Waals surface area contributed by atoms with Gasteiger partial charge in [-0.1, -0.05) is 83.3 Å². The van der Waals surface area contributed by atoms with Crippen molar-refractivity contribution >= 4 is 17.8 Å². The molecular weight excluding hydrogens is 709 g/mol. The number of guanidine groups is 1. The molecule has 8 atom stereocenters. The third kappa shape index (κ3) is 12.4. The second kappa shape index (κ2) is 22.8. The first-order valence-corrected chi connectivity index (χ1v) is 22.9. The molecule has 6 N–H and O–H groups in total. The van der Waals surface area contributed by atoms with Gasteiger partial charge in [0.2, 0.25) is 5.91 Å². The number of carbonyl (C=O) groups is 2. The number of aliphatic hydroxyl groups is 1. The van der Waals surface area contributed by atoms with Crippen molar-refractivity contribution < 1.29 is 28.9 Å². The van der Waals surface area contributed by atoms with Gasteiger partial charge >= 0.3 is 5.97 Å². The van der Waals surface area contributed by atoms with Gasteiger partial charge in [0.1, 0.15) is 11.6 Å². The topological polar surface area (TPSA) is 165 Å². The summed E-state index contributed by atoms with van der Waals surface area (Å²) in [6.45, 7) is 6.66. The zero-order valence-electron chi connectivity index (χ0n) is 35.1. The van der Waals surface area contributed by atoms with Crippen molar-refractivity contribution in [3.05, 3.63) is 12.2 Å². The maximum absolute atomic E-state index is 14.0. The maximum atomic E-state index is 14.0. The van der Waals surface area contributed by atoms with Gasteiger partial charge in [-0.05, 0) is 97.1 Å². The zero-order chi connectivity index (χ0) is 39.8. The molecule has 1 amide bonds. The molecule has 0 aromatic rings. The van der Waals surface area contributed by atoms with Crippen LogP contribution in [0.15, 0.2) is 17.1 Å². The van der Waals surface area contributed by atoms with Gasteiger partial charge < -0.3 is 45.9 Å². The first-order valence-electron chi connectivity index (χ1n) is 22.9. The second-order valence-corrected chi connectivity index (χ2v) is 17.5. The Morgan fingerprint density at radius 3 is 2.38 bits per heavy atom. The third-order valence-corrected chi connectivity index (χ3v) is 13.0. The highest BCUT2D eigenvalue weighted by molar-refractivity contribution is 5.87. The molecule has 0 aliphatic carbocycles. The van der Waals surface area contributed by atoms with E-state index in [9.17, 15) is 14.7 Å². The highest BCUT2D eigenvalue weighted by Crippen LogP contribution is 2.50. The molecule has 5 aliphatic rings. The van der Waals surface area contributed by atoms with E-state index in [-0.39, 0.29) is 30.1 Å². The summed E-state index contributed by atoms with van der Waals surface area (Å²) >= 11 is 0. The van der Waals surface area contributed by atoms with Gasteiger partial charge in [-0.25, -0.2) is 4.99 Å². The molecule has 56 heavy (non-hydrogen) atoms. The number of allylic oxidation sites excluding steroid dienone is 1. The zero-order valence-corrected chi connectivity index (χ0v) is 35.1. The van der Waals surface area contributed by atoms with Gasteiger partial charge in [0, 0.05) is 32.0 Å². The van der Waals surface area contributed by atoms with E-state index < -0.39 is 23.5 Å². The van der Waals surface area contributed by atoms with Crippen molar-refractivity contribution in [1.29, 1.82) is 0 Å². The SMILES string of the molecule is CC[C@H]1C=CCC[C@@]2(C[C@@H]3CC[C@@H]4[C@H](C(=O)OCCCCCCCCCCCCCCC(=O)N(CCCN)CC(O)CCN)[C@]5(CCC[C@@H](C)O5)N=C(N2)N34)O1. The minimum absolute atomic E-state index is 0.0280. The lowest BCUT2D eigenvalue weighted by Crippen LogP contribution is -2.71. The van der Waals surface area contributed by atoms with Crippen LogP contribution in [0.2, 0.25) is 0 Å². The highest BCUT2D eigenvalue weighted by Gasteiger charge is 2.62. The van der Waals surface area contributed by atoms with Crippen molar-refractivity contribution in [2.45, 2.75) is 210 Å². The molecule has 12 nitrogen and oxygen atoms in total. The average Bonchev–Trinajstić information content (AvgIpc) is 3.48. The van der Waals surface area contributed by atoms with Gasteiger partial charge in [-0.15, -0.1) is 0 Å². The Morgan fingerprint density at radius 2 is 1.70 bits per heavy atom. The predicted octanol–water partition coefficient (Wildman–Crippen LogP) is 6.43. The number of hydrogen-bond acceptors (Lipinski definition) is 11. The Hall–Kier alpha value is -2.25. The van der Waals surface area contributed by atoms with Crippen LogP contribution in [0, 0.1) is 5.92 Å². The minimum Gasteiger partial charge on any atom is -0.465 e. The number of nitrogens with one attached hydrogen (secondary N) is 1. The van der Waals surface area contributed by atoms with Gasteiger partial charge in [0.15, 0.2) is 11.7 Å². The number of nitrogens with zero attached hydrogens (tertiary/aromatic N) is 3. The summed E-state index contributed by atoms with van der Waals surface area (Å²) in [5, 5.41) is 13.9. The smallest absolute Gasteiger partial charge is 0.316 e. The van der Waals surface area contributed by atoms with E-state index >= 15 is 0 Å². The third-order valence-electron chi connectivity index (χ3n) is 13.0. The molecule has 0 radical (unpaired) electrons. The van der Waals surface area contributed by atoms with Crippen LogP contribution >= 0.6 is 0 Å². The molecule has 5 aliphatic heterocycles. The molecule has 12 heteroatoms. The first-order chi connectivity index (χ1) is 27.2. The minimum atomic E-state index is -0.889. The fourth-order valence-electron chi connectivity index (χ4n) is 9.98. The summed E-state index contributed by atoms with van der Waals surface area (Å²) in [5.74, 6) is 0.427. The molecule has 320 valence electrons. The van der Waals surface area contributed by atoms with E-state index in [4.69, 9.17) is 30.7 Å². The molecule has 5 heterocycles. The van der Waals surface area contributed by atoms with Crippen molar-refractivity contribution in [2.24, 2.45) is 22.4 Å². The molecule has 0 aromatic heterocycles. The number of unbranched alkanes of at least 4 members (excludes halogenated alkanes) is 11. The van der Waals surface area contributed by atoms with Crippen LogP contribution in [0.5, 0.6) is 0 Å². The number of amides is 1. The fourth-order valence-corrected chi connectivity index (χ4v) is 9.98. The van der Waals surface area contributed by atoms with Crippen LogP contribution in [-0.4, -0.2) is 107 Å². The van der Waals surface area contributed by atoms with E-state index in [2.05, 4.69) is 36.2 Å². The second-order valence-electron chi connectivity index (χ2n) is 17.5. The quantitative estimate of drug-likeness (QED) is 0.0487. The summed E-state index contributed by atoms with van der Waals surface area (Å²) in [4.78, 5) is 36.3. The van der Waals surface area contributed by atoms with Crippen LogP contribution < -0.4 is 16.8 Å². The molecule has 1 unspecified atom stereocenters. The van der Waals surface area contributed by atoms with E-state index in [0.29, 0.717) is 51.7 Å². The standard InChI is InChI=1S/C44H78N6O6/c1-3-37-21-15-16-26-43(56-37)32-35-23-24-38-40(44(27-18-20-34(2)55-44)48-42(47-43)50(35)38)41(53)54-31-17-13-11-9-7-5-4-6-8-10-12-14-22-39(52)49(30-19-28-45)33-36(51)25-29-46/h15,21,34-38,40,51H,3-14,16-20,22-33,45-46H2,1-2H3,(H,47,48)/t34-,35+,36?,37+,38-,40-,43+,44-/m1/s1. The molecule has 0 bridgehead atoms. The van der Waals surface area contributed by atoms with Crippen molar-refractivity contribution in [2.75, 3.05) is 32.8 Å².